The van der Waals surface area contributed by atoms with Gasteiger partial charge in [0.15, 0.2) is 23.3 Å². The lowest BCUT2D eigenvalue weighted by Gasteiger charge is -2.32. The molecule has 5 aliphatic heterocycles. The maximum Gasteiger partial charge on any atom is 0.495 e. The first-order valence-electron chi connectivity index (χ1n) is 29.8. The topological polar surface area (TPSA) is 244 Å². The number of nitrogens with one attached hydrogen (secondary N) is 2. The molecule has 0 unspecified atom stereocenters. The van der Waals surface area contributed by atoms with E-state index in [9.17, 15) is 10.2 Å². The third-order valence-corrected chi connectivity index (χ3v) is 19.1. The second-order valence-electron chi connectivity index (χ2n) is 25.2. The average molecular weight is 1310 g/mol. The number of halogens is 2. The zero-order valence-corrected chi connectivity index (χ0v) is 55.8. The summed E-state index contributed by atoms with van der Waals surface area (Å²) in [5.74, 6) is 3.45. The molecule has 2 aromatic carbocycles. The van der Waals surface area contributed by atoms with E-state index in [0.717, 1.165) is 150 Å². The van der Waals surface area contributed by atoms with Crippen molar-refractivity contribution < 1.29 is 38.5 Å². The standard InChI is InChI=1S/C21H23N5O2S.C14H18ClN3O2S.C13H17BN2O2.C10H10ClN3OS.C4H8O/c1-21(2,27)11-13-10-17-18(29-13)20(26-6-8-28-9-7-26)24-19(23-17)14-4-3-5-16-15(14)12-22-25-16;1-14(2,19)8-9-7-10-11(21-9)12(17-13(15)16-10)18-3-5-20-6-4-18;1-12(2)13(3,4)18-14(17-12)10-6-5-7-11-9(10)8-15-16-11;11-10-12-7-1-6-16-8(7)9(13-10)14-2-4-15-5-3-14;1-4(2)3-5-4/h3-5,10,12,27H,6-9,11H2,1-2H3,(H,22,25);7,19H,3-6,8H2,1-2H3;5-8H,1-4H3,(H,15,16);1,6H,2-5H2;3H2,1-2H3. The van der Waals surface area contributed by atoms with Crippen LogP contribution in [0.3, 0.4) is 0 Å². The van der Waals surface area contributed by atoms with Gasteiger partial charge in [-0.2, -0.15) is 20.2 Å². The molecule has 5 saturated heterocycles. The van der Waals surface area contributed by atoms with Crippen LogP contribution in [0, 0.1) is 0 Å². The Morgan fingerprint density at radius 2 is 1.01 bits per heavy atom. The lowest BCUT2D eigenvalue weighted by atomic mass is 9.77. The summed E-state index contributed by atoms with van der Waals surface area (Å²) in [5.41, 5.74) is 4.76. The Morgan fingerprint density at radius 3 is 1.51 bits per heavy atom. The van der Waals surface area contributed by atoms with Gasteiger partial charge in [-0.05, 0) is 134 Å². The average Bonchev–Trinajstić information content (AvgIpc) is 2.01. The summed E-state index contributed by atoms with van der Waals surface area (Å²) in [6.45, 7) is 29.8. The summed E-state index contributed by atoms with van der Waals surface area (Å²) in [5, 5.41) is 39.1. The van der Waals surface area contributed by atoms with E-state index in [1.165, 1.54) is 0 Å². The minimum Gasteiger partial charge on any atom is -0.399 e. The first-order valence-corrected chi connectivity index (χ1v) is 33.1. The molecule has 0 atom stereocenters. The summed E-state index contributed by atoms with van der Waals surface area (Å²) in [4.78, 5) is 36.0. The molecule has 21 nitrogen and oxygen atoms in total. The van der Waals surface area contributed by atoms with Gasteiger partial charge in [-0.15, -0.1) is 34.0 Å². The molecule has 0 radical (unpaired) electrons. The number of hydrogen-bond acceptors (Lipinski definition) is 22. The summed E-state index contributed by atoms with van der Waals surface area (Å²) >= 11 is 16.9. The summed E-state index contributed by atoms with van der Waals surface area (Å²) in [6.07, 6.45) is 4.81. The van der Waals surface area contributed by atoms with Gasteiger partial charge in [0.2, 0.25) is 10.6 Å². The Hall–Kier alpha value is -5.78. The number of nitrogens with zero attached hydrogens (tertiary/aromatic N) is 11. The van der Waals surface area contributed by atoms with Gasteiger partial charge in [-0.25, -0.2) is 19.9 Å². The number of hydrogen-bond donors (Lipinski definition) is 4. The molecule has 0 saturated carbocycles. The first-order chi connectivity index (χ1) is 42.4. The molecular formula is C62H76BCl2N13O8S3. The number of ether oxygens (including phenoxy) is 4. The molecule has 8 aromatic heterocycles. The molecule has 472 valence electrons. The van der Waals surface area contributed by atoms with Gasteiger partial charge >= 0.3 is 7.12 Å². The van der Waals surface area contributed by atoms with Crippen LogP contribution in [0.1, 0.15) is 79.0 Å². The Bertz CT molecular complexity index is 4030. The highest BCUT2D eigenvalue weighted by atomic mass is 35.5. The van der Waals surface area contributed by atoms with E-state index in [2.05, 4.69) is 103 Å². The minimum absolute atomic E-state index is 0.250. The number of fused-ring (bicyclic) bond motifs is 5. The molecular weight excluding hydrogens is 1230 g/mol. The van der Waals surface area contributed by atoms with Crippen molar-refractivity contribution in [2.24, 2.45) is 0 Å². The van der Waals surface area contributed by atoms with Gasteiger partial charge in [-0.1, -0.05) is 24.3 Å². The molecule has 13 heterocycles. The second kappa shape index (κ2) is 26.8. The lowest BCUT2D eigenvalue weighted by Crippen LogP contribution is -2.41. The van der Waals surface area contributed by atoms with E-state index >= 15 is 0 Å². The highest BCUT2D eigenvalue weighted by Gasteiger charge is 2.52. The lowest BCUT2D eigenvalue weighted by molar-refractivity contribution is 0.00578. The van der Waals surface area contributed by atoms with Crippen LogP contribution < -0.4 is 20.2 Å². The summed E-state index contributed by atoms with van der Waals surface area (Å²) < 4.78 is 36.5. The first kappa shape index (κ1) is 64.7. The van der Waals surface area contributed by atoms with Crippen molar-refractivity contribution in [1.82, 2.24) is 50.3 Å². The number of thiophene rings is 3. The van der Waals surface area contributed by atoms with Crippen molar-refractivity contribution in [2.45, 2.75) is 110 Å². The Morgan fingerprint density at radius 1 is 0.573 bits per heavy atom. The zero-order valence-electron chi connectivity index (χ0n) is 51.9. The van der Waals surface area contributed by atoms with Gasteiger partial charge in [0.05, 0.1) is 128 Å². The molecule has 0 spiro atoms. The normalized spacial score (nSPS) is 18.1. The van der Waals surface area contributed by atoms with Crippen molar-refractivity contribution >= 4 is 140 Å². The van der Waals surface area contributed by atoms with Crippen LogP contribution in [0.4, 0.5) is 17.5 Å². The maximum atomic E-state index is 10.3. The Labute approximate surface area is 539 Å². The number of aromatic nitrogens is 10. The molecule has 27 heteroatoms. The summed E-state index contributed by atoms with van der Waals surface area (Å²) in [6, 6.07) is 18.1. The highest BCUT2D eigenvalue weighted by molar-refractivity contribution is 7.20. The number of epoxide rings is 1. The number of rotatable bonds is 9. The number of aromatic amines is 2. The molecule has 89 heavy (non-hydrogen) atoms. The van der Waals surface area contributed by atoms with Gasteiger partial charge in [0.25, 0.3) is 0 Å². The fourth-order valence-corrected chi connectivity index (χ4v) is 14.2. The molecule has 0 aliphatic carbocycles. The number of aliphatic hydroxyl groups is 2. The van der Waals surface area contributed by atoms with Gasteiger partial charge < -0.3 is 53.2 Å². The minimum atomic E-state index is -0.765. The predicted molar refractivity (Wildman–Crippen MR) is 358 cm³/mol. The van der Waals surface area contributed by atoms with Crippen LogP contribution >= 0.6 is 57.2 Å². The van der Waals surface area contributed by atoms with Crippen LogP contribution in [0.2, 0.25) is 10.6 Å². The molecule has 5 fully saturated rings. The summed E-state index contributed by atoms with van der Waals surface area (Å²) in [7, 11) is -0.337. The molecule has 4 N–H and O–H groups in total. The van der Waals surface area contributed by atoms with Crippen molar-refractivity contribution in [3.63, 3.8) is 0 Å². The van der Waals surface area contributed by atoms with Crippen molar-refractivity contribution in [3.05, 3.63) is 92.7 Å². The highest BCUT2D eigenvalue weighted by Crippen LogP contribution is 2.40. The Kier molecular flexibility index (Phi) is 19.5. The quantitative estimate of drug-likeness (QED) is 0.0596. The zero-order chi connectivity index (χ0) is 62.9. The number of benzene rings is 2. The van der Waals surface area contributed by atoms with E-state index in [4.69, 9.17) is 61.4 Å². The monoisotopic (exact) mass is 1310 g/mol. The van der Waals surface area contributed by atoms with Crippen LogP contribution in [-0.4, -0.2) is 181 Å². The molecule has 10 aromatic rings. The number of morpholine rings is 3. The maximum absolute atomic E-state index is 10.3. The largest absolute Gasteiger partial charge is 0.495 e. The van der Waals surface area contributed by atoms with Crippen LogP contribution in [0.5, 0.6) is 0 Å². The van der Waals surface area contributed by atoms with Crippen molar-refractivity contribution in [1.29, 1.82) is 0 Å². The van der Waals surface area contributed by atoms with E-state index in [1.807, 2.05) is 80.2 Å². The Balaban J connectivity index is 0.000000122. The molecule has 0 amide bonds. The predicted octanol–water partition coefficient (Wildman–Crippen LogP) is 10.7. The van der Waals surface area contributed by atoms with Crippen molar-refractivity contribution in [2.75, 3.05) is 100 Å². The van der Waals surface area contributed by atoms with Gasteiger partial charge in [-0.3, -0.25) is 10.2 Å². The molecule has 5 aliphatic rings. The second-order valence-corrected chi connectivity index (χ2v) is 29.1. The molecule has 0 bridgehead atoms. The van der Waals surface area contributed by atoms with Crippen LogP contribution in [0.25, 0.3) is 63.8 Å². The van der Waals surface area contributed by atoms with Crippen LogP contribution in [-0.2, 0) is 41.1 Å². The smallest absolute Gasteiger partial charge is 0.399 e. The van der Waals surface area contributed by atoms with E-state index < -0.39 is 11.2 Å². The molecule has 15 rings (SSSR count). The third-order valence-electron chi connectivity index (χ3n) is 15.7. The third kappa shape index (κ3) is 15.9. The van der Waals surface area contributed by atoms with Crippen molar-refractivity contribution in [3.8, 4) is 11.4 Å². The number of anilines is 3. The SMILES string of the molecule is CC(C)(O)Cc1cc2nc(-c3cccc4[nH]ncc34)nc(N3CCOCC3)c2s1.CC(C)(O)Cc1cc2nc(Cl)nc(N3CCOCC3)c2s1.CC1(C)CO1.CC1(C)OB(c2cccc3[nH]ncc23)OC1(C)C.Clc1nc(N2CCOCC2)c2sccc2n1. The van der Waals surface area contributed by atoms with Gasteiger partial charge in [0.1, 0.15) is 0 Å². The van der Waals surface area contributed by atoms with Crippen LogP contribution in [0.15, 0.2) is 72.4 Å². The number of H-pyrrole nitrogens is 2. The van der Waals surface area contributed by atoms with E-state index in [-0.39, 0.29) is 29.2 Å². The fraction of sp³-hybridized carbons (Fsp3) is 0.484. The fourth-order valence-electron chi connectivity index (χ4n) is 10.3. The van der Waals surface area contributed by atoms with E-state index in [0.29, 0.717) is 50.4 Å². The van der Waals surface area contributed by atoms with Gasteiger partial charge in [0, 0.05) is 78.2 Å². The van der Waals surface area contributed by atoms with E-state index in [1.54, 1.807) is 47.9 Å².